The van der Waals surface area contributed by atoms with Gasteiger partial charge in [0, 0.05) is 18.8 Å². The molecule has 0 atom stereocenters. The van der Waals surface area contributed by atoms with E-state index in [9.17, 15) is 9.90 Å². The number of fused-ring (bicyclic) bond motifs is 1. The highest BCUT2D eigenvalue weighted by Gasteiger charge is 2.38. The van der Waals surface area contributed by atoms with Crippen LogP contribution >= 0.6 is 0 Å². The van der Waals surface area contributed by atoms with Gasteiger partial charge in [-0.2, -0.15) is 0 Å². The van der Waals surface area contributed by atoms with Crippen molar-refractivity contribution in [2.75, 3.05) is 5.32 Å². The Morgan fingerprint density at radius 2 is 1.60 bits per heavy atom. The first-order chi connectivity index (χ1) is 17.0. The molecular weight excluding hydrogens is 440 g/mol. The van der Waals surface area contributed by atoms with Crippen LogP contribution < -0.4 is 5.32 Å². The number of aryl methyl sites for hydroxylation is 2. The highest BCUT2D eigenvalue weighted by molar-refractivity contribution is 6.02. The summed E-state index contributed by atoms with van der Waals surface area (Å²) in [5.41, 5.74) is 2.11. The molecular formula is C27H26N6O2. The quantitative estimate of drug-likeness (QED) is 0.375. The summed E-state index contributed by atoms with van der Waals surface area (Å²) < 4.78 is 3.58. The van der Waals surface area contributed by atoms with Crippen LogP contribution in [0.1, 0.15) is 41.4 Å². The predicted octanol–water partition coefficient (Wildman–Crippen LogP) is 4.20. The van der Waals surface area contributed by atoms with E-state index in [1.54, 1.807) is 10.7 Å². The maximum atomic E-state index is 12.7. The maximum Gasteiger partial charge on any atom is 0.295 e. The van der Waals surface area contributed by atoms with Gasteiger partial charge in [-0.05, 0) is 43.2 Å². The highest BCUT2D eigenvalue weighted by Crippen LogP contribution is 2.38. The van der Waals surface area contributed by atoms with Crippen molar-refractivity contribution in [1.29, 1.82) is 0 Å². The average molecular weight is 467 g/mol. The first-order valence-electron chi connectivity index (χ1n) is 11.6. The zero-order valence-corrected chi connectivity index (χ0v) is 19.6. The van der Waals surface area contributed by atoms with Gasteiger partial charge in [-0.3, -0.25) is 9.48 Å². The fourth-order valence-corrected chi connectivity index (χ4v) is 4.32. The molecule has 8 heteroatoms. The minimum Gasteiger partial charge on any atom is -0.373 e. The third kappa shape index (κ3) is 3.98. The highest BCUT2D eigenvalue weighted by atomic mass is 16.3. The van der Waals surface area contributed by atoms with E-state index in [2.05, 4.69) is 15.4 Å². The Morgan fingerprint density at radius 3 is 2.17 bits per heavy atom. The molecule has 2 N–H and O–H groups in total. The molecule has 0 bridgehead atoms. The molecule has 0 saturated carbocycles. The van der Waals surface area contributed by atoms with Crippen LogP contribution in [0.3, 0.4) is 0 Å². The maximum absolute atomic E-state index is 12.7. The van der Waals surface area contributed by atoms with E-state index in [1.807, 2.05) is 91.2 Å². The summed E-state index contributed by atoms with van der Waals surface area (Å²) >= 11 is 0. The number of carbonyl (C=O) groups is 1. The lowest BCUT2D eigenvalue weighted by atomic mass is 9.85. The molecule has 3 aromatic carbocycles. The number of aromatic nitrogens is 5. The van der Waals surface area contributed by atoms with Crippen molar-refractivity contribution in [3.05, 3.63) is 108 Å². The van der Waals surface area contributed by atoms with Gasteiger partial charge in [0.2, 0.25) is 5.82 Å². The van der Waals surface area contributed by atoms with Crippen LogP contribution in [0.2, 0.25) is 0 Å². The van der Waals surface area contributed by atoms with E-state index < -0.39 is 5.60 Å². The van der Waals surface area contributed by atoms with E-state index in [1.165, 1.54) is 6.33 Å². The molecule has 0 spiro atoms. The zero-order chi connectivity index (χ0) is 24.4. The molecule has 2 heterocycles. The fraction of sp³-hybridized carbons (Fsp3) is 0.185. The van der Waals surface area contributed by atoms with Gasteiger partial charge in [0.1, 0.15) is 6.33 Å². The number of amides is 1. The Kier molecular flexibility index (Phi) is 5.88. The van der Waals surface area contributed by atoms with E-state index in [0.29, 0.717) is 24.6 Å². The molecule has 0 aliphatic heterocycles. The lowest BCUT2D eigenvalue weighted by Gasteiger charge is -2.29. The van der Waals surface area contributed by atoms with Crippen molar-refractivity contribution in [3.63, 3.8) is 0 Å². The number of carbonyl (C=O) groups excluding carboxylic acids is 1. The molecule has 5 aromatic rings. The number of aliphatic hydroxyl groups is 1. The van der Waals surface area contributed by atoms with Gasteiger partial charge in [0.05, 0.1) is 11.0 Å². The molecule has 35 heavy (non-hydrogen) atoms. The monoisotopic (exact) mass is 466 g/mol. The Bertz CT molecular complexity index is 1430. The topological polar surface area (TPSA) is 97.9 Å². The minimum atomic E-state index is -1.46. The molecule has 0 fully saturated rings. The number of anilines is 1. The molecule has 2 aromatic heterocycles. The Hall–Kier alpha value is -4.30. The van der Waals surface area contributed by atoms with Gasteiger partial charge in [-0.25, -0.2) is 9.97 Å². The average Bonchev–Trinajstić information content (AvgIpc) is 3.54. The number of nitrogens with one attached hydrogen (secondary N) is 1. The van der Waals surface area contributed by atoms with E-state index in [-0.39, 0.29) is 11.7 Å². The molecule has 5 rings (SSSR count). The van der Waals surface area contributed by atoms with Crippen molar-refractivity contribution >= 4 is 22.6 Å². The van der Waals surface area contributed by atoms with Crippen molar-refractivity contribution in [3.8, 4) is 0 Å². The van der Waals surface area contributed by atoms with Crippen molar-refractivity contribution < 1.29 is 9.90 Å². The number of hydrogen-bond donors (Lipinski definition) is 2. The summed E-state index contributed by atoms with van der Waals surface area (Å²) in [6.45, 7) is 5.15. The summed E-state index contributed by atoms with van der Waals surface area (Å²) in [5.74, 6) is 0.239. The normalized spacial score (nSPS) is 11.6. The second-order valence-corrected chi connectivity index (χ2v) is 8.20. The van der Waals surface area contributed by atoms with Gasteiger partial charge in [-0.1, -0.05) is 60.7 Å². The second-order valence-electron chi connectivity index (χ2n) is 8.20. The molecule has 1 amide bonds. The first kappa shape index (κ1) is 22.5. The number of rotatable bonds is 7. The van der Waals surface area contributed by atoms with Crippen LogP contribution in [0.15, 0.2) is 85.2 Å². The number of hydrogen-bond acceptors (Lipinski definition) is 5. The van der Waals surface area contributed by atoms with Gasteiger partial charge >= 0.3 is 0 Å². The number of imidazole rings is 1. The summed E-state index contributed by atoms with van der Waals surface area (Å²) in [4.78, 5) is 21.6. The van der Waals surface area contributed by atoms with Gasteiger partial charge < -0.3 is 15.0 Å². The van der Waals surface area contributed by atoms with Crippen molar-refractivity contribution in [2.45, 2.75) is 32.5 Å². The molecule has 0 saturated heterocycles. The SMILES string of the molecule is CCn1cnc(C(=O)Nc2ccc3nc(C(O)(c4ccccc4)c4ccccc4)n(CC)c3c2)n1. The zero-order valence-electron chi connectivity index (χ0n) is 19.6. The van der Waals surface area contributed by atoms with Crippen LogP contribution in [-0.4, -0.2) is 35.3 Å². The lowest BCUT2D eigenvalue weighted by Crippen LogP contribution is -2.32. The number of nitrogens with zero attached hydrogens (tertiary/aromatic N) is 5. The second kappa shape index (κ2) is 9.15. The van der Waals surface area contributed by atoms with Crippen LogP contribution in [0.25, 0.3) is 11.0 Å². The Balaban J connectivity index is 1.60. The van der Waals surface area contributed by atoms with Crippen LogP contribution in [0.5, 0.6) is 0 Å². The van der Waals surface area contributed by atoms with Gasteiger partial charge in [0.25, 0.3) is 5.91 Å². The van der Waals surface area contributed by atoms with Gasteiger partial charge in [0.15, 0.2) is 11.4 Å². The Labute approximate surface area is 202 Å². The first-order valence-corrected chi connectivity index (χ1v) is 11.6. The van der Waals surface area contributed by atoms with E-state index >= 15 is 0 Å². The molecule has 0 radical (unpaired) electrons. The van der Waals surface area contributed by atoms with Crippen LogP contribution in [0.4, 0.5) is 5.69 Å². The van der Waals surface area contributed by atoms with Crippen LogP contribution in [-0.2, 0) is 18.7 Å². The molecule has 8 nitrogen and oxygen atoms in total. The van der Waals surface area contributed by atoms with E-state index in [4.69, 9.17) is 4.98 Å². The molecule has 0 aliphatic carbocycles. The third-order valence-corrected chi connectivity index (χ3v) is 6.09. The predicted molar refractivity (Wildman–Crippen MR) is 134 cm³/mol. The lowest BCUT2D eigenvalue weighted by molar-refractivity contribution is 0.101. The summed E-state index contributed by atoms with van der Waals surface area (Å²) in [6.07, 6.45) is 1.53. The minimum absolute atomic E-state index is 0.110. The Morgan fingerprint density at radius 1 is 0.943 bits per heavy atom. The fourth-order valence-electron chi connectivity index (χ4n) is 4.32. The van der Waals surface area contributed by atoms with Gasteiger partial charge in [-0.15, -0.1) is 5.10 Å². The molecule has 176 valence electrons. The third-order valence-electron chi connectivity index (χ3n) is 6.09. The smallest absolute Gasteiger partial charge is 0.295 e. The summed E-state index contributed by atoms with van der Waals surface area (Å²) in [7, 11) is 0. The van der Waals surface area contributed by atoms with Crippen molar-refractivity contribution in [2.24, 2.45) is 0 Å². The summed E-state index contributed by atoms with van der Waals surface area (Å²) in [5, 5.41) is 19.3. The largest absolute Gasteiger partial charge is 0.373 e. The molecule has 0 aliphatic rings. The molecule has 0 unspecified atom stereocenters. The van der Waals surface area contributed by atoms with E-state index in [0.717, 1.165) is 22.2 Å². The summed E-state index contributed by atoms with van der Waals surface area (Å²) in [6, 6.07) is 24.6. The standard InChI is InChI=1S/C27H26N6O2/c1-3-32-18-28-24(31-32)25(34)29-21-15-16-22-23(17-21)33(4-2)26(30-22)27(35,19-11-7-5-8-12-19)20-13-9-6-10-14-20/h5-18,35H,3-4H2,1-2H3,(H,29,34). The number of benzene rings is 3. The van der Waals surface area contributed by atoms with Crippen molar-refractivity contribution in [1.82, 2.24) is 24.3 Å². The van der Waals surface area contributed by atoms with Crippen LogP contribution in [0, 0.1) is 0 Å².